The van der Waals surface area contributed by atoms with E-state index in [9.17, 15) is 0 Å². The van der Waals surface area contributed by atoms with Crippen LogP contribution in [0.15, 0.2) is 24.3 Å². The lowest BCUT2D eigenvalue weighted by Crippen LogP contribution is -1.85. The van der Waals surface area contributed by atoms with Crippen molar-refractivity contribution in [3.8, 4) is 0 Å². The summed E-state index contributed by atoms with van der Waals surface area (Å²) in [5, 5.41) is 0. The van der Waals surface area contributed by atoms with Crippen molar-refractivity contribution in [2.45, 2.75) is 33.6 Å². The van der Waals surface area contributed by atoms with Crippen LogP contribution in [0, 0.1) is 5.92 Å². The van der Waals surface area contributed by atoms with Crippen molar-refractivity contribution in [2.24, 2.45) is 5.92 Å². The van der Waals surface area contributed by atoms with E-state index in [1.165, 1.54) is 12.8 Å². The minimum absolute atomic E-state index is 0.737. The quantitative estimate of drug-likeness (QED) is 0.521. The number of hydrogen-bond donors (Lipinski definition) is 0. The molecule has 0 aromatic rings. The third kappa shape index (κ3) is 5.61. The summed E-state index contributed by atoms with van der Waals surface area (Å²) in [5.74, 6) is 0.737. The van der Waals surface area contributed by atoms with E-state index in [0.717, 1.165) is 5.92 Å². The van der Waals surface area contributed by atoms with E-state index in [1.54, 1.807) is 0 Å². The molecule has 0 heteroatoms. The largest absolute Gasteiger partial charge is 0.0877 e. The molecule has 10 heavy (non-hydrogen) atoms. The maximum absolute atomic E-state index is 2.25. The average molecular weight is 138 g/mol. The van der Waals surface area contributed by atoms with Gasteiger partial charge in [0.15, 0.2) is 0 Å². The van der Waals surface area contributed by atoms with Crippen LogP contribution in [-0.4, -0.2) is 0 Å². The Morgan fingerprint density at radius 1 is 1.30 bits per heavy atom. The van der Waals surface area contributed by atoms with Gasteiger partial charge in [0.25, 0.3) is 0 Å². The van der Waals surface area contributed by atoms with Crippen molar-refractivity contribution in [3.63, 3.8) is 0 Å². The Kier molecular flexibility index (Phi) is 6.25. The molecule has 0 radical (unpaired) electrons. The van der Waals surface area contributed by atoms with Crippen LogP contribution in [0.5, 0.6) is 0 Å². The molecule has 0 nitrogen and oxygen atoms in total. The first-order valence-electron chi connectivity index (χ1n) is 4.10. The third-order valence-electron chi connectivity index (χ3n) is 1.49. The Hall–Kier alpha value is -0.520. The highest BCUT2D eigenvalue weighted by molar-refractivity contribution is 5.02. The molecule has 0 aliphatic carbocycles. The molecule has 58 valence electrons. The summed E-state index contributed by atoms with van der Waals surface area (Å²) in [4.78, 5) is 0. The summed E-state index contributed by atoms with van der Waals surface area (Å²) in [7, 11) is 0. The predicted molar refractivity (Wildman–Crippen MR) is 48.0 cm³/mol. The van der Waals surface area contributed by atoms with Gasteiger partial charge in [-0.25, -0.2) is 0 Å². The topological polar surface area (TPSA) is 0 Å². The van der Waals surface area contributed by atoms with Crippen molar-refractivity contribution in [1.82, 2.24) is 0 Å². The Balaban J connectivity index is 3.44. The standard InChI is InChI=1S/C10H18/c1-4-6-7-9-10(3)8-5-2/h4,6-7,9-10H,5,8H2,1-3H3. The Morgan fingerprint density at radius 2 is 2.00 bits per heavy atom. The fourth-order valence-corrected chi connectivity index (χ4v) is 0.917. The van der Waals surface area contributed by atoms with E-state index in [1.807, 2.05) is 6.92 Å². The van der Waals surface area contributed by atoms with Gasteiger partial charge in [0, 0.05) is 0 Å². The van der Waals surface area contributed by atoms with E-state index < -0.39 is 0 Å². The Bertz CT molecular complexity index is 109. The summed E-state index contributed by atoms with van der Waals surface area (Å²) >= 11 is 0. The van der Waals surface area contributed by atoms with Crippen LogP contribution in [-0.2, 0) is 0 Å². The number of rotatable bonds is 4. The zero-order chi connectivity index (χ0) is 7.82. The SMILES string of the molecule is CC=CC=CC(C)CCC. The van der Waals surface area contributed by atoms with Gasteiger partial charge in [-0.05, 0) is 19.3 Å². The second-order valence-electron chi connectivity index (χ2n) is 2.68. The molecule has 0 aliphatic rings. The average Bonchev–Trinajstić information content (AvgIpc) is 1.89. The first kappa shape index (κ1) is 9.48. The summed E-state index contributed by atoms with van der Waals surface area (Å²) in [6.45, 7) is 6.51. The lowest BCUT2D eigenvalue weighted by atomic mass is 10.1. The molecule has 0 rings (SSSR count). The Morgan fingerprint density at radius 3 is 2.50 bits per heavy atom. The van der Waals surface area contributed by atoms with Crippen LogP contribution >= 0.6 is 0 Å². The van der Waals surface area contributed by atoms with Crippen LogP contribution in [0.4, 0.5) is 0 Å². The molecule has 0 N–H and O–H groups in total. The van der Waals surface area contributed by atoms with Crippen LogP contribution in [0.1, 0.15) is 33.6 Å². The molecule has 0 amide bonds. The van der Waals surface area contributed by atoms with Gasteiger partial charge in [-0.2, -0.15) is 0 Å². The fraction of sp³-hybridized carbons (Fsp3) is 0.600. The molecule has 0 aliphatic heterocycles. The number of hydrogen-bond acceptors (Lipinski definition) is 0. The molecule has 0 bridgehead atoms. The molecule has 1 atom stereocenters. The molecule has 0 saturated carbocycles. The van der Waals surface area contributed by atoms with Gasteiger partial charge in [0.1, 0.15) is 0 Å². The summed E-state index contributed by atoms with van der Waals surface area (Å²) in [6.07, 6.45) is 11.1. The van der Waals surface area contributed by atoms with Crippen LogP contribution in [0.25, 0.3) is 0 Å². The van der Waals surface area contributed by atoms with Gasteiger partial charge in [-0.15, -0.1) is 0 Å². The summed E-state index contributed by atoms with van der Waals surface area (Å²) in [6, 6.07) is 0. The van der Waals surface area contributed by atoms with E-state index in [0.29, 0.717) is 0 Å². The van der Waals surface area contributed by atoms with Gasteiger partial charge in [-0.1, -0.05) is 44.6 Å². The van der Waals surface area contributed by atoms with E-state index in [4.69, 9.17) is 0 Å². The second kappa shape index (κ2) is 6.60. The van der Waals surface area contributed by atoms with Crippen LogP contribution in [0.3, 0.4) is 0 Å². The fourth-order valence-electron chi connectivity index (χ4n) is 0.917. The summed E-state index contributed by atoms with van der Waals surface area (Å²) in [5.41, 5.74) is 0. The van der Waals surface area contributed by atoms with Crippen molar-refractivity contribution in [3.05, 3.63) is 24.3 Å². The highest BCUT2D eigenvalue weighted by atomic mass is 14.0. The zero-order valence-corrected chi connectivity index (χ0v) is 7.30. The smallest absolute Gasteiger partial charge is 0.0259 e. The highest BCUT2D eigenvalue weighted by Crippen LogP contribution is 2.05. The Labute approximate surface area is 64.6 Å². The van der Waals surface area contributed by atoms with E-state index in [2.05, 4.69) is 38.2 Å². The molecule has 0 heterocycles. The summed E-state index contributed by atoms with van der Waals surface area (Å²) < 4.78 is 0. The molecule has 0 saturated heterocycles. The first-order valence-corrected chi connectivity index (χ1v) is 4.10. The minimum Gasteiger partial charge on any atom is -0.0877 e. The van der Waals surface area contributed by atoms with Gasteiger partial charge in [-0.3, -0.25) is 0 Å². The maximum Gasteiger partial charge on any atom is -0.0259 e. The molecule has 0 fully saturated rings. The van der Waals surface area contributed by atoms with E-state index in [-0.39, 0.29) is 0 Å². The van der Waals surface area contributed by atoms with Gasteiger partial charge < -0.3 is 0 Å². The zero-order valence-electron chi connectivity index (χ0n) is 7.30. The van der Waals surface area contributed by atoms with Crippen molar-refractivity contribution in [1.29, 1.82) is 0 Å². The first-order chi connectivity index (χ1) is 4.81. The maximum atomic E-state index is 2.25. The number of allylic oxidation sites excluding steroid dienone is 4. The molecule has 1 unspecified atom stereocenters. The van der Waals surface area contributed by atoms with Gasteiger partial charge in [0.05, 0.1) is 0 Å². The molecule has 0 aromatic carbocycles. The molecule has 0 aromatic heterocycles. The van der Waals surface area contributed by atoms with E-state index >= 15 is 0 Å². The highest BCUT2D eigenvalue weighted by Gasteiger charge is 1.90. The van der Waals surface area contributed by atoms with Crippen LogP contribution < -0.4 is 0 Å². The monoisotopic (exact) mass is 138 g/mol. The van der Waals surface area contributed by atoms with Gasteiger partial charge >= 0.3 is 0 Å². The second-order valence-corrected chi connectivity index (χ2v) is 2.68. The third-order valence-corrected chi connectivity index (χ3v) is 1.49. The lowest BCUT2D eigenvalue weighted by molar-refractivity contribution is 0.634. The predicted octanol–water partition coefficient (Wildman–Crippen LogP) is 3.55. The molecule has 0 spiro atoms. The normalized spacial score (nSPS) is 15.1. The van der Waals surface area contributed by atoms with Crippen molar-refractivity contribution < 1.29 is 0 Å². The van der Waals surface area contributed by atoms with Crippen LogP contribution in [0.2, 0.25) is 0 Å². The minimum atomic E-state index is 0.737. The lowest BCUT2D eigenvalue weighted by Gasteiger charge is -2.00. The van der Waals surface area contributed by atoms with Crippen molar-refractivity contribution >= 4 is 0 Å². The van der Waals surface area contributed by atoms with Crippen molar-refractivity contribution in [2.75, 3.05) is 0 Å². The van der Waals surface area contributed by atoms with Gasteiger partial charge in [0.2, 0.25) is 0 Å². The molecular formula is C10H18. The molecular weight excluding hydrogens is 120 g/mol.